The Morgan fingerprint density at radius 1 is 0.956 bits per heavy atom. The van der Waals surface area contributed by atoms with Crippen LogP contribution in [0, 0.1) is 13.8 Å². The van der Waals surface area contributed by atoms with Crippen molar-refractivity contribution < 1.29 is 28.5 Å². The van der Waals surface area contributed by atoms with E-state index >= 15 is 0 Å². The third-order valence-electron chi connectivity index (χ3n) is 7.71. The first-order valence-corrected chi connectivity index (χ1v) is 14.4. The molecule has 3 N–H and O–H groups in total. The van der Waals surface area contributed by atoms with Crippen molar-refractivity contribution in [2.75, 3.05) is 6.61 Å². The molecule has 5 heterocycles. The summed E-state index contributed by atoms with van der Waals surface area (Å²) in [4.78, 5) is 76.9. The first kappa shape index (κ1) is 31.6. The summed E-state index contributed by atoms with van der Waals surface area (Å²) in [6.07, 6.45) is 1.40. The second kappa shape index (κ2) is 13.0. The SMILES string of the molecule is CC[C@H]1O[C@@H](n2cc(C)c(=O)[nH]c2=O)C[C@H]1n1cc(CNC(=O)OC[C@H]2O[C@@H](n3cc(C)c(=O)[nH]c3=O)C[C@H]2OC(C)=O)nn1. The van der Waals surface area contributed by atoms with Gasteiger partial charge in [0, 0.05) is 43.3 Å². The molecule has 0 aromatic carbocycles. The van der Waals surface area contributed by atoms with Crippen LogP contribution in [0.3, 0.4) is 0 Å². The molecule has 2 aliphatic heterocycles. The summed E-state index contributed by atoms with van der Waals surface area (Å²) in [6.45, 7) is 6.01. The molecule has 45 heavy (non-hydrogen) atoms. The van der Waals surface area contributed by atoms with Gasteiger partial charge < -0.3 is 24.3 Å². The van der Waals surface area contributed by atoms with Gasteiger partial charge in [0.15, 0.2) is 0 Å². The summed E-state index contributed by atoms with van der Waals surface area (Å²) >= 11 is 0. The molecule has 2 aliphatic rings. The number of carbonyl (C=O) groups is 2. The van der Waals surface area contributed by atoms with Crippen LogP contribution in [-0.4, -0.2) is 71.1 Å². The molecule has 0 unspecified atom stereocenters. The quantitative estimate of drug-likeness (QED) is 0.259. The van der Waals surface area contributed by atoms with Gasteiger partial charge >= 0.3 is 23.4 Å². The summed E-state index contributed by atoms with van der Waals surface area (Å²) in [5, 5.41) is 10.9. The smallest absolute Gasteiger partial charge is 0.407 e. The molecule has 242 valence electrons. The molecular formula is C27H34N8O10. The highest BCUT2D eigenvalue weighted by atomic mass is 16.6. The van der Waals surface area contributed by atoms with Crippen LogP contribution in [0.15, 0.2) is 37.8 Å². The summed E-state index contributed by atoms with van der Waals surface area (Å²) in [5.41, 5.74) is -1.11. The Hall–Kier alpha value is -4.84. The van der Waals surface area contributed by atoms with Gasteiger partial charge in [0.2, 0.25) is 0 Å². The van der Waals surface area contributed by atoms with E-state index in [4.69, 9.17) is 18.9 Å². The predicted molar refractivity (Wildman–Crippen MR) is 152 cm³/mol. The monoisotopic (exact) mass is 630 g/mol. The van der Waals surface area contributed by atoms with Crippen molar-refractivity contribution in [2.24, 2.45) is 0 Å². The van der Waals surface area contributed by atoms with Crippen molar-refractivity contribution in [2.45, 2.75) is 90.3 Å². The van der Waals surface area contributed by atoms with E-state index in [1.807, 2.05) is 6.92 Å². The van der Waals surface area contributed by atoms with Gasteiger partial charge in [-0.15, -0.1) is 5.10 Å². The first-order chi connectivity index (χ1) is 21.4. The summed E-state index contributed by atoms with van der Waals surface area (Å²) in [5.74, 6) is -0.572. The van der Waals surface area contributed by atoms with Gasteiger partial charge in [0.05, 0.1) is 24.9 Å². The molecular weight excluding hydrogens is 596 g/mol. The Bertz CT molecular complexity index is 1810. The van der Waals surface area contributed by atoms with Crippen LogP contribution in [0.2, 0.25) is 0 Å². The lowest BCUT2D eigenvalue weighted by atomic mass is 10.1. The summed E-state index contributed by atoms with van der Waals surface area (Å²) in [6, 6.07) is -0.253. The topological polar surface area (TPSA) is 224 Å². The number of rotatable bonds is 9. The maximum atomic E-state index is 12.5. The Kier molecular flexibility index (Phi) is 9.14. The number of aromatic amines is 2. The van der Waals surface area contributed by atoms with Crippen LogP contribution in [0.25, 0.3) is 0 Å². The lowest BCUT2D eigenvalue weighted by Gasteiger charge is -2.18. The second-order valence-electron chi connectivity index (χ2n) is 11.0. The molecule has 0 radical (unpaired) electrons. The summed E-state index contributed by atoms with van der Waals surface area (Å²) < 4.78 is 26.8. The van der Waals surface area contributed by atoms with Crippen LogP contribution in [-0.2, 0) is 30.3 Å². The van der Waals surface area contributed by atoms with Crippen LogP contribution in [0.5, 0.6) is 0 Å². The number of aryl methyl sites for hydroxylation is 2. The Morgan fingerprint density at radius 2 is 1.56 bits per heavy atom. The number of alkyl carbamates (subject to hydrolysis) is 1. The lowest BCUT2D eigenvalue weighted by molar-refractivity contribution is -0.150. The normalized spacial score (nSPS) is 24.4. The van der Waals surface area contributed by atoms with Gasteiger partial charge in [0.25, 0.3) is 11.1 Å². The Morgan fingerprint density at radius 3 is 2.16 bits per heavy atom. The largest absolute Gasteiger partial charge is 0.459 e. The zero-order valence-electron chi connectivity index (χ0n) is 25.1. The number of nitrogens with zero attached hydrogens (tertiary/aromatic N) is 5. The summed E-state index contributed by atoms with van der Waals surface area (Å²) in [7, 11) is 0. The number of aromatic nitrogens is 7. The average molecular weight is 631 g/mol. The zero-order valence-corrected chi connectivity index (χ0v) is 25.1. The van der Waals surface area contributed by atoms with Gasteiger partial charge in [-0.3, -0.25) is 33.5 Å². The lowest BCUT2D eigenvalue weighted by Crippen LogP contribution is -2.34. The van der Waals surface area contributed by atoms with Crippen molar-refractivity contribution in [3.05, 3.63) is 77.1 Å². The molecule has 18 nitrogen and oxygen atoms in total. The van der Waals surface area contributed by atoms with Gasteiger partial charge in [-0.05, 0) is 20.3 Å². The van der Waals surface area contributed by atoms with Crippen LogP contribution in [0.4, 0.5) is 4.79 Å². The van der Waals surface area contributed by atoms with E-state index in [1.54, 1.807) is 17.8 Å². The highest BCUT2D eigenvalue weighted by molar-refractivity contribution is 5.67. The Labute approximate surface area is 254 Å². The fraction of sp³-hybridized carbons (Fsp3) is 0.556. The van der Waals surface area contributed by atoms with E-state index in [1.165, 1.54) is 35.4 Å². The minimum atomic E-state index is -0.871. The fourth-order valence-corrected chi connectivity index (χ4v) is 5.42. The molecule has 0 bridgehead atoms. The van der Waals surface area contributed by atoms with Gasteiger partial charge in [-0.25, -0.2) is 19.1 Å². The molecule has 18 heteroatoms. The van der Waals surface area contributed by atoms with E-state index in [9.17, 15) is 28.8 Å². The first-order valence-electron chi connectivity index (χ1n) is 14.4. The van der Waals surface area contributed by atoms with Gasteiger partial charge in [-0.2, -0.15) is 0 Å². The van der Waals surface area contributed by atoms with E-state index in [0.717, 1.165) is 0 Å². The van der Waals surface area contributed by atoms with E-state index in [2.05, 4.69) is 25.6 Å². The van der Waals surface area contributed by atoms with Crippen molar-refractivity contribution in [1.82, 2.24) is 39.4 Å². The number of amides is 1. The molecule has 1 amide bonds. The zero-order chi connectivity index (χ0) is 32.4. The van der Waals surface area contributed by atoms with Gasteiger partial charge in [0.1, 0.15) is 37.0 Å². The molecule has 0 saturated carbocycles. The maximum absolute atomic E-state index is 12.5. The van der Waals surface area contributed by atoms with Crippen molar-refractivity contribution in [3.63, 3.8) is 0 Å². The fourth-order valence-electron chi connectivity index (χ4n) is 5.42. The van der Waals surface area contributed by atoms with Crippen molar-refractivity contribution in [3.8, 4) is 0 Å². The maximum Gasteiger partial charge on any atom is 0.407 e. The number of hydrogen-bond acceptors (Lipinski definition) is 12. The molecule has 3 aromatic rings. The number of nitrogens with one attached hydrogen (secondary N) is 3. The molecule has 6 atom stereocenters. The predicted octanol–water partition coefficient (Wildman–Crippen LogP) is -0.321. The van der Waals surface area contributed by atoms with Crippen molar-refractivity contribution >= 4 is 12.1 Å². The molecule has 0 spiro atoms. The number of esters is 1. The third-order valence-corrected chi connectivity index (χ3v) is 7.71. The number of ether oxygens (including phenoxy) is 4. The molecule has 2 fully saturated rings. The number of hydrogen-bond donors (Lipinski definition) is 3. The molecule has 2 saturated heterocycles. The molecule has 5 rings (SSSR count). The molecule has 3 aromatic heterocycles. The highest BCUT2D eigenvalue weighted by Crippen LogP contribution is 2.37. The average Bonchev–Trinajstić information content (AvgIpc) is 3.73. The minimum Gasteiger partial charge on any atom is -0.459 e. The molecule has 0 aliphatic carbocycles. The number of H-pyrrole nitrogens is 2. The number of carbonyl (C=O) groups excluding carboxylic acids is 2. The minimum absolute atomic E-state index is 0.0151. The second-order valence-corrected chi connectivity index (χ2v) is 11.0. The van der Waals surface area contributed by atoms with E-state index < -0.39 is 59.2 Å². The van der Waals surface area contributed by atoms with Gasteiger partial charge in [-0.1, -0.05) is 12.1 Å². The van der Waals surface area contributed by atoms with Crippen LogP contribution in [0.1, 0.15) is 68.4 Å². The standard InChI is InChI=1S/C27H34N8O10/c1-5-18-17(6-21(44-18)33-9-13(2)23(37)29-25(33)39)35-11-16(31-32-35)8-28-27(41)42-12-20-19(43-15(4)36)7-22(45-20)34-10-14(3)24(38)30-26(34)40/h9-11,17-22H,5-8,12H2,1-4H3,(H,28,41)(H,29,37,39)(H,30,38,40)/t17-,18-,19-,20-,21-,22-/m1/s1. The van der Waals surface area contributed by atoms with E-state index in [0.29, 0.717) is 29.7 Å². The van der Waals surface area contributed by atoms with Crippen molar-refractivity contribution in [1.29, 1.82) is 0 Å². The van der Waals surface area contributed by atoms with Crippen LogP contribution < -0.4 is 27.8 Å². The van der Waals surface area contributed by atoms with E-state index in [-0.39, 0.29) is 31.7 Å². The third kappa shape index (κ3) is 6.96. The highest BCUT2D eigenvalue weighted by Gasteiger charge is 2.40. The van der Waals surface area contributed by atoms with Crippen LogP contribution >= 0.6 is 0 Å². The Balaban J connectivity index is 1.17.